The molecule has 0 radical (unpaired) electrons. The van der Waals surface area contributed by atoms with Crippen LogP contribution in [0.15, 0.2) is 66.3 Å². The summed E-state index contributed by atoms with van der Waals surface area (Å²) in [5, 5.41) is 0. The van der Waals surface area contributed by atoms with E-state index in [2.05, 4.69) is 13.0 Å². The zero-order valence-electron chi connectivity index (χ0n) is 11.3. The van der Waals surface area contributed by atoms with Crippen molar-refractivity contribution in [2.45, 2.75) is 13.8 Å². The number of benzene rings is 1. The maximum atomic E-state index is 12.1. The Labute approximate surface area is 114 Å². The molecule has 0 aromatic heterocycles. The molecule has 1 unspecified atom stereocenters. The SMILES string of the molecule is Cc1ccc(/C=C/C(=O)C2=CC=CC(C)C=C2)cc1. The van der Waals surface area contributed by atoms with Crippen molar-refractivity contribution in [3.05, 3.63) is 77.4 Å². The van der Waals surface area contributed by atoms with Crippen molar-refractivity contribution < 1.29 is 4.79 Å². The number of hydrogen-bond donors (Lipinski definition) is 0. The van der Waals surface area contributed by atoms with Gasteiger partial charge >= 0.3 is 0 Å². The minimum atomic E-state index is 0.0376. The Bertz CT molecular complexity index is 568. The molecular formula is C18H18O. The molecule has 1 aromatic rings. The van der Waals surface area contributed by atoms with Crippen molar-refractivity contribution in [1.82, 2.24) is 0 Å². The lowest BCUT2D eigenvalue weighted by atomic mass is 10.1. The number of allylic oxidation sites excluding steroid dienone is 7. The minimum absolute atomic E-state index is 0.0376. The molecule has 0 saturated carbocycles. The molecule has 0 aliphatic heterocycles. The van der Waals surface area contributed by atoms with Crippen molar-refractivity contribution in [2.24, 2.45) is 5.92 Å². The molecule has 0 amide bonds. The lowest BCUT2D eigenvalue weighted by Crippen LogP contribution is -1.95. The number of rotatable bonds is 3. The second-order valence-electron chi connectivity index (χ2n) is 4.83. The van der Waals surface area contributed by atoms with E-state index >= 15 is 0 Å². The number of ketones is 1. The first kappa shape index (κ1) is 13.3. The van der Waals surface area contributed by atoms with Crippen LogP contribution in [0.2, 0.25) is 0 Å². The summed E-state index contributed by atoms with van der Waals surface area (Å²) in [5.41, 5.74) is 2.99. The van der Waals surface area contributed by atoms with Crippen LogP contribution in [0.5, 0.6) is 0 Å². The van der Waals surface area contributed by atoms with Gasteiger partial charge in [0.15, 0.2) is 5.78 Å². The van der Waals surface area contributed by atoms with E-state index in [0.29, 0.717) is 5.92 Å². The van der Waals surface area contributed by atoms with Crippen LogP contribution in [0.4, 0.5) is 0 Å². The fourth-order valence-electron chi connectivity index (χ4n) is 1.82. The Morgan fingerprint density at radius 3 is 2.63 bits per heavy atom. The molecule has 96 valence electrons. The van der Waals surface area contributed by atoms with Gasteiger partial charge < -0.3 is 0 Å². The third-order valence-electron chi connectivity index (χ3n) is 3.06. The molecule has 2 rings (SSSR count). The normalized spacial score (nSPS) is 18.4. The van der Waals surface area contributed by atoms with Gasteiger partial charge in [-0.15, -0.1) is 0 Å². The molecule has 0 bridgehead atoms. The van der Waals surface area contributed by atoms with Gasteiger partial charge in [-0.05, 0) is 24.5 Å². The van der Waals surface area contributed by atoms with Crippen molar-refractivity contribution in [1.29, 1.82) is 0 Å². The van der Waals surface area contributed by atoms with Crippen LogP contribution in [0.25, 0.3) is 6.08 Å². The van der Waals surface area contributed by atoms with E-state index in [-0.39, 0.29) is 5.78 Å². The second kappa shape index (κ2) is 6.14. The fraction of sp³-hybridized carbons (Fsp3) is 0.167. The average molecular weight is 250 g/mol. The third-order valence-corrected chi connectivity index (χ3v) is 3.06. The lowest BCUT2D eigenvalue weighted by molar-refractivity contribution is -0.111. The van der Waals surface area contributed by atoms with Gasteiger partial charge in [-0.2, -0.15) is 0 Å². The molecule has 1 aliphatic rings. The maximum absolute atomic E-state index is 12.1. The minimum Gasteiger partial charge on any atom is -0.289 e. The summed E-state index contributed by atoms with van der Waals surface area (Å²) in [4.78, 5) is 12.1. The Balaban J connectivity index is 2.09. The Morgan fingerprint density at radius 2 is 1.89 bits per heavy atom. The predicted molar refractivity (Wildman–Crippen MR) is 80.7 cm³/mol. The number of aryl methyl sites for hydroxylation is 1. The van der Waals surface area contributed by atoms with E-state index in [1.165, 1.54) is 5.56 Å². The van der Waals surface area contributed by atoms with Gasteiger partial charge in [-0.25, -0.2) is 0 Å². The summed E-state index contributed by atoms with van der Waals surface area (Å²) >= 11 is 0. The van der Waals surface area contributed by atoms with E-state index in [0.717, 1.165) is 11.1 Å². The van der Waals surface area contributed by atoms with Crippen LogP contribution in [-0.4, -0.2) is 5.78 Å². The van der Waals surface area contributed by atoms with Crippen LogP contribution < -0.4 is 0 Å². The molecule has 0 spiro atoms. The Kier molecular flexibility index (Phi) is 4.30. The van der Waals surface area contributed by atoms with Crippen molar-refractivity contribution in [3.8, 4) is 0 Å². The zero-order valence-corrected chi connectivity index (χ0v) is 11.3. The van der Waals surface area contributed by atoms with Gasteiger partial charge in [0.25, 0.3) is 0 Å². The second-order valence-corrected chi connectivity index (χ2v) is 4.83. The standard InChI is InChI=1S/C18H18O/c1-14-4-3-5-17(12-8-14)18(19)13-11-16-9-6-15(2)7-10-16/h3-14H,1-2H3/b13-11+. The summed E-state index contributed by atoms with van der Waals surface area (Å²) < 4.78 is 0. The van der Waals surface area contributed by atoms with Gasteiger partial charge in [0.05, 0.1) is 0 Å². The number of hydrogen-bond acceptors (Lipinski definition) is 1. The number of carbonyl (C=O) groups is 1. The molecule has 1 aliphatic carbocycles. The quantitative estimate of drug-likeness (QED) is 0.732. The summed E-state index contributed by atoms with van der Waals surface area (Å²) in [6, 6.07) is 8.11. The van der Waals surface area contributed by atoms with Crippen molar-refractivity contribution in [2.75, 3.05) is 0 Å². The van der Waals surface area contributed by atoms with E-state index in [1.54, 1.807) is 6.08 Å². The molecule has 1 aromatic carbocycles. The van der Waals surface area contributed by atoms with E-state index in [9.17, 15) is 4.79 Å². The molecule has 0 N–H and O–H groups in total. The highest BCUT2D eigenvalue weighted by Crippen LogP contribution is 2.12. The van der Waals surface area contributed by atoms with Gasteiger partial charge in [0.2, 0.25) is 0 Å². The van der Waals surface area contributed by atoms with Crippen LogP contribution in [0, 0.1) is 12.8 Å². The molecule has 0 fully saturated rings. The van der Waals surface area contributed by atoms with E-state index < -0.39 is 0 Å². The Morgan fingerprint density at radius 1 is 1.16 bits per heavy atom. The van der Waals surface area contributed by atoms with Crippen LogP contribution in [0.3, 0.4) is 0 Å². The first-order chi connectivity index (χ1) is 9.15. The van der Waals surface area contributed by atoms with Crippen LogP contribution in [0.1, 0.15) is 18.1 Å². The smallest absolute Gasteiger partial charge is 0.185 e. The van der Waals surface area contributed by atoms with Crippen molar-refractivity contribution in [3.63, 3.8) is 0 Å². The fourth-order valence-corrected chi connectivity index (χ4v) is 1.82. The van der Waals surface area contributed by atoms with Gasteiger partial charge in [0.1, 0.15) is 0 Å². The van der Waals surface area contributed by atoms with E-state index in [1.807, 2.05) is 61.6 Å². The first-order valence-electron chi connectivity index (χ1n) is 6.51. The van der Waals surface area contributed by atoms with Gasteiger partial charge in [-0.3, -0.25) is 4.79 Å². The average Bonchev–Trinajstić information content (AvgIpc) is 2.63. The molecular weight excluding hydrogens is 232 g/mol. The largest absolute Gasteiger partial charge is 0.289 e. The molecule has 1 heteroatoms. The Hall–Kier alpha value is -2.15. The lowest BCUT2D eigenvalue weighted by Gasteiger charge is -1.97. The highest BCUT2D eigenvalue weighted by molar-refractivity contribution is 6.08. The van der Waals surface area contributed by atoms with Gasteiger partial charge in [0, 0.05) is 5.57 Å². The number of carbonyl (C=O) groups excluding carboxylic acids is 1. The predicted octanol–water partition coefficient (Wildman–Crippen LogP) is 4.27. The highest BCUT2D eigenvalue weighted by atomic mass is 16.1. The maximum Gasteiger partial charge on any atom is 0.185 e. The zero-order chi connectivity index (χ0) is 13.7. The third kappa shape index (κ3) is 3.92. The monoisotopic (exact) mass is 250 g/mol. The molecule has 1 nitrogen and oxygen atoms in total. The van der Waals surface area contributed by atoms with Crippen LogP contribution >= 0.6 is 0 Å². The molecule has 0 heterocycles. The molecule has 19 heavy (non-hydrogen) atoms. The summed E-state index contributed by atoms with van der Waals surface area (Å²) in [5.74, 6) is 0.415. The van der Waals surface area contributed by atoms with Gasteiger partial charge in [-0.1, -0.05) is 73.2 Å². The summed E-state index contributed by atoms with van der Waals surface area (Å²) in [7, 11) is 0. The topological polar surface area (TPSA) is 17.1 Å². The summed E-state index contributed by atoms with van der Waals surface area (Å²) in [6.45, 7) is 4.14. The molecule has 1 atom stereocenters. The molecule has 0 saturated heterocycles. The van der Waals surface area contributed by atoms with Crippen molar-refractivity contribution >= 4 is 11.9 Å². The highest BCUT2D eigenvalue weighted by Gasteiger charge is 2.04. The van der Waals surface area contributed by atoms with Crippen LogP contribution in [-0.2, 0) is 4.79 Å². The summed E-state index contributed by atoms with van der Waals surface area (Å²) in [6.07, 6.45) is 13.3. The first-order valence-corrected chi connectivity index (χ1v) is 6.51. The van der Waals surface area contributed by atoms with E-state index in [4.69, 9.17) is 0 Å².